The number of carbonyl (C=O) groups is 1. The SMILES string of the molecule is COc1ccc2cc(CN(C)C(=O)CNC3(c4cccc(Br)c4)CCOCC3)ccc2c1. The number of hydrogen-bond donors (Lipinski definition) is 1. The van der Waals surface area contributed by atoms with Crippen molar-refractivity contribution in [3.8, 4) is 5.75 Å². The van der Waals surface area contributed by atoms with Gasteiger partial charge in [0.15, 0.2) is 0 Å². The van der Waals surface area contributed by atoms with Crippen molar-refractivity contribution < 1.29 is 14.3 Å². The van der Waals surface area contributed by atoms with Gasteiger partial charge < -0.3 is 14.4 Å². The van der Waals surface area contributed by atoms with Crippen molar-refractivity contribution in [1.29, 1.82) is 0 Å². The molecule has 168 valence electrons. The molecular formula is C26H29BrN2O3. The number of amides is 1. The molecule has 3 aromatic carbocycles. The Kier molecular flexibility index (Phi) is 7.13. The van der Waals surface area contributed by atoms with Gasteiger partial charge in [-0.25, -0.2) is 0 Å². The summed E-state index contributed by atoms with van der Waals surface area (Å²) in [5, 5.41) is 5.84. The van der Waals surface area contributed by atoms with Crippen LogP contribution in [0.5, 0.6) is 5.75 Å². The third-order valence-corrected chi connectivity index (χ3v) is 6.75. The van der Waals surface area contributed by atoms with Gasteiger partial charge in [0.2, 0.25) is 5.91 Å². The van der Waals surface area contributed by atoms with E-state index in [1.54, 1.807) is 12.0 Å². The van der Waals surface area contributed by atoms with Crippen LogP contribution in [0.1, 0.15) is 24.0 Å². The molecule has 1 aliphatic rings. The number of nitrogens with zero attached hydrogens (tertiary/aromatic N) is 1. The number of methoxy groups -OCH3 is 1. The van der Waals surface area contributed by atoms with Crippen LogP contribution in [0, 0.1) is 0 Å². The van der Waals surface area contributed by atoms with Crippen molar-refractivity contribution >= 4 is 32.6 Å². The first kappa shape index (κ1) is 22.8. The number of likely N-dealkylation sites (N-methyl/N-ethyl adjacent to an activating group) is 1. The molecule has 1 aliphatic heterocycles. The summed E-state index contributed by atoms with van der Waals surface area (Å²) in [5.41, 5.74) is 2.04. The van der Waals surface area contributed by atoms with Crippen LogP contribution < -0.4 is 10.1 Å². The van der Waals surface area contributed by atoms with E-state index in [0.29, 0.717) is 19.8 Å². The van der Waals surface area contributed by atoms with Crippen LogP contribution in [0.15, 0.2) is 65.1 Å². The summed E-state index contributed by atoms with van der Waals surface area (Å²) >= 11 is 3.58. The van der Waals surface area contributed by atoms with E-state index < -0.39 is 0 Å². The molecule has 0 radical (unpaired) electrons. The van der Waals surface area contributed by atoms with Crippen molar-refractivity contribution in [2.75, 3.05) is 33.9 Å². The molecule has 0 aliphatic carbocycles. The Morgan fingerprint density at radius 1 is 1.09 bits per heavy atom. The van der Waals surface area contributed by atoms with Gasteiger partial charge in [-0.15, -0.1) is 0 Å². The lowest BCUT2D eigenvalue weighted by atomic mass is 9.82. The largest absolute Gasteiger partial charge is 0.497 e. The van der Waals surface area contributed by atoms with Crippen LogP contribution in [0.3, 0.4) is 0 Å². The Morgan fingerprint density at radius 3 is 2.59 bits per heavy atom. The fourth-order valence-corrected chi connectivity index (χ4v) is 4.71. The lowest BCUT2D eigenvalue weighted by molar-refractivity contribution is -0.130. The zero-order valence-electron chi connectivity index (χ0n) is 18.6. The van der Waals surface area contributed by atoms with Gasteiger partial charge in [0.25, 0.3) is 0 Å². The van der Waals surface area contributed by atoms with Crippen molar-refractivity contribution in [3.63, 3.8) is 0 Å². The molecule has 3 aromatic rings. The number of ether oxygens (including phenoxy) is 2. The Labute approximate surface area is 197 Å². The van der Waals surface area contributed by atoms with Gasteiger partial charge in [-0.3, -0.25) is 10.1 Å². The summed E-state index contributed by atoms with van der Waals surface area (Å²) in [6.45, 7) is 2.22. The number of rotatable bonds is 7. The minimum atomic E-state index is -0.249. The fraction of sp³-hybridized carbons (Fsp3) is 0.346. The fourth-order valence-electron chi connectivity index (χ4n) is 4.31. The first-order valence-electron chi connectivity index (χ1n) is 10.9. The number of hydrogen-bond acceptors (Lipinski definition) is 4. The molecule has 0 bridgehead atoms. The Balaban J connectivity index is 1.43. The summed E-state index contributed by atoms with van der Waals surface area (Å²) < 4.78 is 11.9. The van der Waals surface area contributed by atoms with Crippen LogP contribution in [-0.4, -0.2) is 44.7 Å². The van der Waals surface area contributed by atoms with Gasteiger partial charge >= 0.3 is 0 Å². The van der Waals surface area contributed by atoms with E-state index >= 15 is 0 Å². The van der Waals surface area contributed by atoms with Crippen LogP contribution in [-0.2, 0) is 21.6 Å². The van der Waals surface area contributed by atoms with Gasteiger partial charge in [0, 0.05) is 36.8 Å². The van der Waals surface area contributed by atoms with E-state index in [-0.39, 0.29) is 18.0 Å². The van der Waals surface area contributed by atoms with Crippen LogP contribution in [0.2, 0.25) is 0 Å². The standard InChI is InChI=1S/C26H29BrN2O3/c1-29(18-19-6-7-21-15-24(31-2)9-8-20(21)14-19)25(30)17-28-26(10-12-32-13-11-26)22-4-3-5-23(27)16-22/h3-9,14-16,28H,10-13,17-18H2,1-2H3. The molecule has 32 heavy (non-hydrogen) atoms. The maximum atomic E-state index is 13.0. The second-order valence-corrected chi connectivity index (χ2v) is 9.27. The molecule has 0 atom stereocenters. The smallest absolute Gasteiger partial charge is 0.236 e. The van der Waals surface area contributed by atoms with E-state index in [2.05, 4.69) is 51.6 Å². The van der Waals surface area contributed by atoms with Crippen molar-refractivity contribution in [3.05, 3.63) is 76.3 Å². The first-order valence-corrected chi connectivity index (χ1v) is 11.7. The Morgan fingerprint density at radius 2 is 1.84 bits per heavy atom. The van der Waals surface area contributed by atoms with Crippen LogP contribution >= 0.6 is 15.9 Å². The van der Waals surface area contributed by atoms with Crippen LogP contribution in [0.4, 0.5) is 0 Å². The van der Waals surface area contributed by atoms with E-state index in [1.807, 2.05) is 37.4 Å². The summed E-state index contributed by atoms with van der Waals surface area (Å²) in [4.78, 5) is 14.8. The Hall–Kier alpha value is -2.41. The van der Waals surface area contributed by atoms with Gasteiger partial charge in [0.1, 0.15) is 5.75 Å². The maximum absolute atomic E-state index is 13.0. The molecule has 5 nitrogen and oxygen atoms in total. The summed E-state index contributed by atoms with van der Waals surface area (Å²) in [7, 11) is 3.53. The summed E-state index contributed by atoms with van der Waals surface area (Å²) in [5.74, 6) is 0.914. The molecule has 1 fully saturated rings. The van der Waals surface area contributed by atoms with E-state index in [0.717, 1.165) is 39.4 Å². The lowest BCUT2D eigenvalue weighted by Gasteiger charge is -2.39. The molecule has 1 saturated heterocycles. The zero-order valence-corrected chi connectivity index (χ0v) is 20.2. The first-order chi connectivity index (χ1) is 15.5. The maximum Gasteiger partial charge on any atom is 0.236 e. The highest BCUT2D eigenvalue weighted by molar-refractivity contribution is 9.10. The molecular weight excluding hydrogens is 468 g/mol. The molecule has 0 spiro atoms. The normalized spacial score (nSPS) is 15.5. The molecule has 1 heterocycles. The number of nitrogens with one attached hydrogen (secondary N) is 1. The van der Waals surface area contributed by atoms with Crippen LogP contribution in [0.25, 0.3) is 10.8 Å². The van der Waals surface area contributed by atoms with Crippen molar-refractivity contribution in [1.82, 2.24) is 10.2 Å². The number of benzene rings is 3. The minimum absolute atomic E-state index is 0.0701. The molecule has 0 saturated carbocycles. The summed E-state index contributed by atoms with van der Waals surface area (Å²) in [6, 6.07) is 20.6. The predicted octanol–water partition coefficient (Wildman–Crippen LogP) is 4.86. The highest BCUT2D eigenvalue weighted by Gasteiger charge is 2.34. The molecule has 0 aromatic heterocycles. The predicted molar refractivity (Wildman–Crippen MR) is 131 cm³/mol. The molecule has 1 N–H and O–H groups in total. The molecule has 4 rings (SSSR count). The van der Waals surface area contributed by atoms with Gasteiger partial charge in [-0.05, 0) is 65.1 Å². The van der Waals surface area contributed by atoms with E-state index in [9.17, 15) is 4.79 Å². The average Bonchev–Trinajstić information content (AvgIpc) is 2.82. The van der Waals surface area contributed by atoms with Gasteiger partial charge in [-0.1, -0.05) is 46.3 Å². The highest BCUT2D eigenvalue weighted by atomic mass is 79.9. The number of carbonyl (C=O) groups excluding carboxylic acids is 1. The molecule has 0 unspecified atom stereocenters. The topological polar surface area (TPSA) is 50.8 Å². The molecule has 6 heteroatoms. The highest BCUT2D eigenvalue weighted by Crippen LogP contribution is 2.33. The quantitative estimate of drug-likeness (QED) is 0.507. The van der Waals surface area contributed by atoms with Crippen molar-refractivity contribution in [2.45, 2.75) is 24.9 Å². The average molecular weight is 497 g/mol. The van der Waals surface area contributed by atoms with E-state index in [1.165, 1.54) is 5.56 Å². The summed E-state index contributed by atoms with van der Waals surface area (Å²) in [6.07, 6.45) is 1.68. The van der Waals surface area contributed by atoms with Gasteiger partial charge in [0.05, 0.1) is 13.7 Å². The Bertz CT molecular complexity index is 1100. The third-order valence-electron chi connectivity index (χ3n) is 6.26. The second-order valence-electron chi connectivity index (χ2n) is 8.36. The minimum Gasteiger partial charge on any atom is -0.497 e. The number of halogens is 1. The monoisotopic (exact) mass is 496 g/mol. The van der Waals surface area contributed by atoms with Gasteiger partial charge in [-0.2, -0.15) is 0 Å². The lowest BCUT2D eigenvalue weighted by Crippen LogP contribution is -2.50. The third kappa shape index (κ3) is 5.14. The van der Waals surface area contributed by atoms with E-state index in [4.69, 9.17) is 9.47 Å². The van der Waals surface area contributed by atoms with Crippen molar-refractivity contribution in [2.24, 2.45) is 0 Å². The molecule has 1 amide bonds. The zero-order chi connectivity index (χ0) is 22.6. The number of fused-ring (bicyclic) bond motifs is 1. The second kappa shape index (κ2) is 10.0.